The zero-order valence-corrected chi connectivity index (χ0v) is 10.7. The van der Waals surface area contributed by atoms with Gasteiger partial charge in [0.25, 0.3) is 0 Å². The van der Waals surface area contributed by atoms with Crippen molar-refractivity contribution in [2.24, 2.45) is 5.92 Å². The average molecular weight is 251 g/mol. The van der Waals surface area contributed by atoms with Gasteiger partial charge in [0.15, 0.2) is 0 Å². The summed E-state index contributed by atoms with van der Waals surface area (Å²) in [6.07, 6.45) is 5.58. The predicted molar refractivity (Wildman–Crippen MR) is 70.0 cm³/mol. The van der Waals surface area contributed by atoms with Crippen LogP contribution in [0.3, 0.4) is 0 Å². The van der Waals surface area contributed by atoms with Crippen LogP contribution in [0.5, 0.6) is 0 Å². The minimum absolute atomic E-state index is 0.899. The molecule has 1 aliphatic rings. The Hall–Kier alpha value is -1.13. The highest BCUT2D eigenvalue weighted by Gasteiger charge is 2.22. The highest BCUT2D eigenvalue weighted by Crippen LogP contribution is 2.30. The van der Waals surface area contributed by atoms with Gasteiger partial charge >= 0.3 is 5.97 Å². The maximum atomic E-state index is 10.4. The van der Waals surface area contributed by atoms with E-state index in [2.05, 4.69) is 18.0 Å². The molecule has 1 aromatic rings. The number of carboxylic acid groups (broad SMARTS) is 1. The lowest BCUT2D eigenvalue weighted by Crippen LogP contribution is -2.19. The fourth-order valence-corrected chi connectivity index (χ4v) is 2.74. The first-order valence-electron chi connectivity index (χ1n) is 5.80. The quantitative estimate of drug-likeness (QED) is 0.790. The summed E-state index contributed by atoms with van der Waals surface area (Å²) in [6.45, 7) is 2.14. The second-order valence-electron chi connectivity index (χ2n) is 4.66. The fourth-order valence-electron chi connectivity index (χ4n) is 1.81. The normalized spacial score (nSPS) is 15.9. The van der Waals surface area contributed by atoms with Crippen molar-refractivity contribution in [2.75, 3.05) is 13.6 Å². The van der Waals surface area contributed by atoms with Crippen molar-refractivity contribution in [2.45, 2.75) is 19.4 Å². The Labute approximate surface area is 105 Å². The number of rotatable bonds is 6. The summed E-state index contributed by atoms with van der Waals surface area (Å²) in [5.41, 5.74) is 0.979. The van der Waals surface area contributed by atoms with Gasteiger partial charge in [-0.2, -0.15) is 0 Å². The van der Waals surface area contributed by atoms with E-state index in [0.29, 0.717) is 0 Å². The van der Waals surface area contributed by atoms with Crippen LogP contribution >= 0.6 is 11.3 Å². The third-order valence-electron chi connectivity index (χ3n) is 2.78. The predicted octanol–water partition coefficient (Wildman–Crippen LogP) is 2.69. The van der Waals surface area contributed by atoms with Gasteiger partial charge in [-0.3, -0.25) is 0 Å². The molecule has 1 saturated carbocycles. The minimum Gasteiger partial charge on any atom is -0.478 e. The van der Waals surface area contributed by atoms with Gasteiger partial charge in [0.2, 0.25) is 0 Å². The number of thiophene rings is 1. The van der Waals surface area contributed by atoms with Crippen LogP contribution in [-0.2, 0) is 11.3 Å². The molecule has 1 aromatic heterocycles. The van der Waals surface area contributed by atoms with Gasteiger partial charge in [-0.25, -0.2) is 4.79 Å². The lowest BCUT2D eigenvalue weighted by molar-refractivity contribution is -0.131. The van der Waals surface area contributed by atoms with E-state index >= 15 is 0 Å². The SMILES string of the molecule is CN(Cc1cc(C=CC(=O)O)cs1)CC1CC1. The molecule has 0 bridgehead atoms. The molecule has 0 unspecified atom stereocenters. The van der Waals surface area contributed by atoms with Crippen molar-refractivity contribution in [3.05, 3.63) is 28.0 Å². The molecular weight excluding hydrogens is 234 g/mol. The summed E-state index contributed by atoms with van der Waals surface area (Å²) in [5.74, 6) is 0.00920. The van der Waals surface area contributed by atoms with Crippen LogP contribution in [0.25, 0.3) is 6.08 Å². The molecule has 0 radical (unpaired) electrons. The molecule has 0 atom stereocenters. The summed E-state index contributed by atoms with van der Waals surface area (Å²) in [6, 6.07) is 2.06. The first kappa shape index (κ1) is 12.3. The van der Waals surface area contributed by atoms with Crippen LogP contribution in [0.1, 0.15) is 23.3 Å². The number of carboxylic acids is 1. The maximum Gasteiger partial charge on any atom is 0.328 e. The van der Waals surface area contributed by atoms with Crippen LogP contribution in [-0.4, -0.2) is 29.6 Å². The molecular formula is C13H17NO2S. The van der Waals surface area contributed by atoms with Crippen LogP contribution in [0.4, 0.5) is 0 Å². The Bertz CT molecular complexity index is 421. The fraction of sp³-hybridized carbons (Fsp3) is 0.462. The molecule has 17 heavy (non-hydrogen) atoms. The molecule has 1 fully saturated rings. The molecule has 92 valence electrons. The van der Waals surface area contributed by atoms with Crippen LogP contribution < -0.4 is 0 Å². The standard InChI is InChI=1S/C13H17NO2S/c1-14(7-10-2-3-10)8-12-6-11(9-17-12)4-5-13(15)16/h4-6,9-10H,2-3,7-8H2,1H3,(H,15,16). The zero-order chi connectivity index (χ0) is 12.3. The van der Waals surface area contributed by atoms with E-state index in [9.17, 15) is 4.79 Å². The van der Waals surface area contributed by atoms with E-state index < -0.39 is 5.97 Å². The zero-order valence-electron chi connectivity index (χ0n) is 9.93. The largest absolute Gasteiger partial charge is 0.478 e. The van der Waals surface area contributed by atoms with Gasteiger partial charge in [-0.15, -0.1) is 11.3 Å². The van der Waals surface area contributed by atoms with Crippen molar-refractivity contribution < 1.29 is 9.90 Å². The Morgan fingerprint density at radius 2 is 2.41 bits per heavy atom. The van der Waals surface area contributed by atoms with Gasteiger partial charge in [0.1, 0.15) is 0 Å². The van der Waals surface area contributed by atoms with E-state index in [1.54, 1.807) is 17.4 Å². The first-order chi connectivity index (χ1) is 8.13. The number of hydrogen-bond acceptors (Lipinski definition) is 3. The molecule has 2 rings (SSSR count). The average Bonchev–Trinajstić information content (AvgIpc) is 2.94. The lowest BCUT2D eigenvalue weighted by atomic mass is 10.2. The molecule has 3 nitrogen and oxygen atoms in total. The highest BCUT2D eigenvalue weighted by atomic mass is 32.1. The Morgan fingerprint density at radius 3 is 3.06 bits per heavy atom. The Morgan fingerprint density at radius 1 is 1.65 bits per heavy atom. The van der Waals surface area contributed by atoms with Crippen LogP contribution in [0.2, 0.25) is 0 Å². The second-order valence-corrected chi connectivity index (χ2v) is 5.65. The Balaban J connectivity index is 1.86. The molecule has 0 spiro atoms. The molecule has 0 amide bonds. The summed E-state index contributed by atoms with van der Waals surface area (Å²) in [5, 5.41) is 10.5. The first-order valence-corrected chi connectivity index (χ1v) is 6.68. The number of aliphatic carboxylic acids is 1. The molecule has 4 heteroatoms. The number of nitrogens with zero attached hydrogens (tertiary/aromatic N) is 1. The van der Waals surface area contributed by atoms with Crippen molar-refractivity contribution in [3.8, 4) is 0 Å². The third-order valence-corrected chi connectivity index (χ3v) is 3.72. The van der Waals surface area contributed by atoms with Crippen molar-refractivity contribution >= 4 is 23.4 Å². The van der Waals surface area contributed by atoms with Gasteiger partial charge in [0, 0.05) is 24.0 Å². The summed E-state index contributed by atoms with van der Waals surface area (Å²) < 4.78 is 0. The van der Waals surface area contributed by atoms with Gasteiger partial charge in [-0.1, -0.05) is 0 Å². The van der Waals surface area contributed by atoms with E-state index in [-0.39, 0.29) is 0 Å². The van der Waals surface area contributed by atoms with E-state index in [1.165, 1.54) is 30.3 Å². The van der Waals surface area contributed by atoms with E-state index in [1.807, 2.05) is 5.38 Å². The van der Waals surface area contributed by atoms with Crippen LogP contribution in [0.15, 0.2) is 17.5 Å². The van der Waals surface area contributed by atoms with Gasteiger partial charge in [0.05, 0.1) is 0 Å². The van der Waals surface area contributed by atoms with Gasteiger partial charge < -0.3 is 10.0 Å². The maximum absolute atomic E-state index is 10.4. The molecule has 1 aliphatic carbocycles. The van der Waals surface area contributed by atoms with Gasteiger partial charge in [-0.05, 0) is 48.9 Å². The van der Waals surface area contributed by atoms with Crippen molar-refractivity contribution in [1.29, 1.82) is 0 Å². The Kier molecular flexibility index (Phi) is 3.97. The van der Waals surface area contributed by atoms with Crippen molar-refractivity contribution in [1.82, 2.24) is 4.90 Å². The second kappa shape index (κ2) is 5.47. The van der Waals surface area contributed by atoms with E-state index in [0.717, 1.165) is 18.0 Å². The molecule has 0 saturated heterocycles. The molecule has 0 aliphatic heterocycles. The molecule has 1 heterocycles. The number of hydrogen-bond donors (Lipinski definition) is 1. The molecule has 1 N–H and O–H groups in total. The summed E-state index contributed by atoms with van der Waals surface area (Å²) in [7, 11) is 2.14. The lowest BCUT2D eigenvalue weighted by Gasteiger charge is -2.14. The topological polar surface area (TPSA) is 40.5 Å². The number of carbonyl (C=O) groups is 1. The summed E-state index contributed by atoms with van der Waals surface area (Å²) in [4.78, 5) is 14.0. The molecule has 0 aromatic carbocycles. The monoisotopic (exact) mass is 251 g/mol. The van der Waals surface area contributed by atoms with E-state index in [4.69, 9.17) is 5.11 Å². The van der Waals surface area contributed by atoms with Crippen LogP contribution in [0, 0.1) is 5.92 Å². The third kappa shape index (κ3) is 4.32. The summed E-state index contributed by atoms with van der Waals surface area (Å²) >= 11 is 1.69. The smallest absolute Gasteiger partial charge is 0.328 e. The minimum atomic E-state index is -0.899. The van der Waals surface area contributed by atoms with Crippen molar-refractivity contribution in [3.63, 3.8) is 0 Å². The highest BCUT2D eigenvalue weighted by molar-refractivity contribution is 7.10.